The van der Waals surface area contributed by atoms with Gasteiger partial charge in [-0.05, 0) is 36.8 Å². The standard InChI is InChI=1S/C18H18N4O3/c23-16(22-9-4-3-7-15(22)17-19-12-25-20-17)11-21-10-8-13-5-1-2-6-14(13)18(21)24/h1-2,5-6,8,10,12,15H,3-4,7,9,11H2. The van der Waals surface area contributed by atoms with E-state index >= 15 is 0 Å². The third-order valence-electron chi connectivity index (χ3n) is 4.69. The third-order valence-corrected chi connectivity index (χ3v) is 4.69. The lowest BCUT2D eigenvalue weighted by Crippen LogP contribution is -2.42. The molecular weight excluding hydrogens is 320 g/mol. The van der Waals surface area contributed by atoms with Gasteiger partial charge in [0, 0.05) is 18.1 Å². The number of hydrogen-bond acceptors (Lipinski definition) is 5. The van der Waals surface area contributed by atoms with Crippen LogP contribution in [0.3, 0.4) is 0 Å². The summed E-state index contributed by atoms with van der Waals surface area (Å²) in [7, 11) is 0. The maximum Gasteiger partial charge on any atom is 0.258 e. The van der Waals surface area contributed by atoms with Crippen LogP contribution in [0.25, 0.3) is 10.8 Å². The average Bonchev–Trinajstić information content (AvgIpc) is 3.19. The van der Waals surface area contributed by atoms with Crippen molar-refractivity contribution >= 4 is 16.7 Å². The SMILES string of the molecule is O=C(Cn1ccc2ccccc2c1=O)N1CCCCC1c1ncon1. The Morgan fingerprint density at radius 2 is 2.12 bits per heavy atom. The summed E-state index contributed by atoms with van der Waals surface area (Å²) in [5.74, 6) is 0.422. The van der Waals surface area contributed by atoms with E-state index in [9.17, 15) is 9.59 Å². The molecule has 0 saturated carbocycles. The van der Waals surface area contributed by atoms with Gasteiger partial charge in [-0.2, -0.15) is 4.98 Å². The first-order valence-corrected chi connectivity index (χ1v) is 8.38. The summed E-state index contributed by atoms with van der Waals surface area (Å²) in [6.07, 6.45) is 5.71. The highest BCUT2D eigenvalue weighted by Gasteiger charge is 2.30. The van der Waals surface area contributed by atoms with Crippen LogP contribution in [0.1, 0.15) is 31.1 Å². The van der Waals surface area contributed by atoms with E-state index in [-0.39, 0.29) is 24.1 Å². The molecule has 0 aliphatic carbocycles. The van der Waals surface area contributed by atoms with Gasteiger partial charge in [0.15, 0.2) is 5.82 Å². The zero-order valence-corrected chi connectivity index (χ0v) is 13.7. The monoisotopic (exact) mass is 338 g/mol. The second kappa shape index (κ2) is 6.51. The lowest BCUT2D eigenvalue weighted by Gasteiger charge is -2.34. The lowest BCUT2D eigenvalue weighted by molar-refractivity contribution is -0.136. The molecule has 1 aliphatic heterocycles. The van der Waals surface area contributed by atoms with Gasteiger partial charge >= 0.3 is 0 Å². The van der Waals surface area contributed by atoms with Crippen molar-refractivity contribution in [2.45, 2.75) is 31.8 Å². The van der Waals surface area contributed by atoms with Gasteiger partial charge < -0.3 is 14.0 Å². The first kappa shape index (κ1) is 15.6. The highest BCUT2D eigenvalue weighted by Crippen LogP contribution is 2.28. The van der Waals surface area contributed by atoms with E-state index < -0.39 is 0 Å². The van der Waals surface area contributed by atoms with E-state index in [1.807, 2.05) is 24.3 Å². The van der Waals surface area contributed by atoms with Crippen molar-refractivity contribution in [3.05, 3.63) is 59.1 Å². The van der Waals surface area contributed by atoms with Crippen LogP contribution in [-0.4, -0.2) is 32.1 Å². The fourth-order valence-corrected chi connectivity index (χ4v) is 3.41. The molecule has 128 valence electrons. The van der Waals surface area contributed by atoms with Crippen LogP contribution >= 0.6 is 0 Å². The fourth-order valence-electron chi connectivity index (χ4n) is 3.41. The molecule has 7 heteroatoms. The third kappa shape index (κ3) is 2.93. The Morgan fingerprint density at radius 3 is 2.96 bits per heavy atom. The molecule has 0 N–H and O–H groups in total. The molecule has 4 rings (SSSR count). The molecule has 1 fully saturated rings. The molecule has 1 atom stereocenters. The average molecular weight is 338 g/mol. The van der Waals surface area contributed by atoms with Crippen molar-refractivity contribution in [3.8, 4) is 0 Å². The number of amides is 1. The molecule has 0 bridgehead atoms. The van der Waals surface area contributed by atoms with Gasteiger partial charge in [-0.15, -0.1) is 0 Å². The topological polar surface area (TPSA) is 81.2 Å². The molecule has 1 saturated heterocycles. The number of carbonyl (C=O) groups excluding carboxylic acids is 1. The van der Waals surface area contributed by atoms with Gasteiger partial charge in [-0.25, -0.2) is 0 Å². The zero-order chi connectivity index (χ0) is 17.2. The number of benzene rings is 1. The van der Waals surface area contributed by atoms with Crippen molar-refractivity contribution in [1.82, 2.24) is 19.6 Å². The van der Waals surface area contributed by atoms with Crippen LogP contribution < -0.4 is 5.56 Å². The molecule has 3 aromatic rings. The molecule has 0 spiro atoms. The second-order valence-corrected chi connectivity index (χ2v) is 6.22. The Morgan fingerprint density at radius 1 is 1.24 bits per heavy atom. The van der Waals surface area contributed by atoms with Crippen molar-refractivity contribution in [1.29, 1.82) is 0 Å². The van der Waals surface area contributed by atoms with Gasteiger partial charge in [0.25, 0.3) is 5.56 Å². The van der Waals surface area contributed by atoms with Gasteiger partial charge in [-0.1, -0.05) is 23.4 Å². The van der Waals surface area contributed by atoms with E-state index in [1.165, 1.54) is 11.0 Å². The molecule has 1 aliphatic rings. The first-order valence-electron chi connectivity index (χ1n) is 8.38. The predicted octanol–water partition coefficient (Wildman–Crippen LogP) is 2.14. The van der Waals surface area contributed by atoms with Gasteiger partial charge in [0.1, 0.15) is 6.54 Å². The van der Waals surface area contributed by atoms with Crippen LogP contribution in [0.5, 0.6) is 0 Å². The molecule has 0 radical (unpaired) electrons. The number of carbonyl (C=O) groups is 1. The minimum Gasteiger partial charge on any atom is -0.343 e. The summed E-state index contributed by atoms with van der Waals surface area (Å²) >= 11 is 0. The number of rotatable bonds is 3. The molecule has 3 heterocycles. The van der Waals surface area contributed by atoms with Crippen LogP contribution in [0, 0.1) is 0 Å². The predicted molar refractivity (Wildman–Crippen MR) is 90.8 cm³/mol. The van der Waals surface area contributed by atoms with E-state index in [0.717, 1.165) is 24.6 Å². The van der Waals surface area contributed by atoms with Crippen molar-refractivity contribution < 1.29 is 9.32 Å². The lowest BCUT2D eigenvalue weighted by atomic mass is 10.0. The van der Waals surface area contributed by atoms with Crippen molar-refractivity contribution in [3.63, 3.8) is 0 Å². The Labute approximate surface area is 143 Å². The molecule has 2 aromatic heterocycles. The summed E-state index contributed by atoms with van der Waals surface area (Å²) in [5, 5.41) is 5.38. The maximum atomic E-state index is 12.8. The molecule has 1 aromatic carbocycles. The number of nitrogens with zero attached hydrogens (tertiary/aromatic N) is 4. The Hall–Kier alpha value is -2.96. The Bertz CT molecular complexity index is 948. The quantitative estimate of drug-likeness (QED) is 0.731. The van der Waals surface area contributed by atoms with Crippen molar-refractivity contribution in [2.24, 2.45) is 0 Å². The van der Waals surface area contributed by atoms with Crippen LogP contribution in [0.2, 0.25) is 0 Å². The molecule has 1 amide bonds. The highest BCUT2D eigenvalue weighted by atomic mass is 16.5. The van der Waals surface area contributed by atoms with E-state index in [4.69, 9.17) is 4.52 Å². The minimum atomic E-state index is -0.184. The zero-order valence-electron chi connectivity index (χ0n) is 13.7. The minimum absolute atomic E-state index is 0.0119. The van der Waals surface area contributed by atoms with Crippen LogP contribution in [0.15, 0.2) is 52.2 Å². The normalized spacial score (nSPS) is 17.8. The van der Waals surface area contributed by atoms with Crippen molar-refractivity contribution in [2.75, 3.05) is 6.54 Å². The number of pyridine rings is 1. The largest absolute Gasteiger partial charge is 0.343 e. The summed E-state index contributed by atoms with van der Waals surface area (Å²) < 4.78 is 6.29. The summed E-state index contributed by atoms with van der Waals surface area (Å²) in [5.41, 5.74) is -0.153. The number of fused-ring (bicyclic) bond motifs is 1. The molecule has 7 nitrogen and oxygen atoms in total. The summed E-state index contributed by atoms with van der Waals surface area (Å²) in [6, 6.07) is 9.06. The van der Waals surface area contributed by atoms with Gasteiger partial charge in [0.2, 0.25) is 12.3 Å². The van der Waals surface area contributed by atoms with E-state index in [0.29, 0.717) is 17.8 Å². The van der Waals surface area contributed by atoms with Gasteiger partial charge in [0.05, 0.1) is 6.04 Å². The van der Waals surface area contributed by atoms with Gasteiger partial charge in [-0.3, -0.25) is 9.59 Å². The fraction of sp³-hybridized carbons (Fsp3) is 0.333. The smallest absolute Gasteiger partial charge is 0.258 e. The summed E-state index contributed by atoms with van der Waals surface area (Å²) in [4.78, 5) is 31.3. The number of aromatic nitrogens is 3. The van der Waals surface area contributed by atoms with Crippen LogP contribution in [0.4, 0.5) is 0 Å². The first-order chi connectivity index (χ1) is 12.2. The van der Waals surface area contributed by atoms with E-state index in [1.54, 1.807) is 17.2 Å². The number of likely N-dealkylation sites (tertiary alicyclic amines) is 1. The molecule has 1 unspecified atom stereocenters. The Balaban J connectivity index is 1.61. The molecular formula is C18H18N4O3. The number of piperidine rings is 1. The second-order valence-electron chi connectivity index (χ2n) is 6.22. The van der Waals surface area contributed by atoms with E-state index in [2.05, 4.69) is 10.1 Å². The highest BCUT2D eigenvalue weighted by molar-refractivity contribution is 5.82. The van der Waals surface area contributed by atoms with Crippen LogP contribution in [-0.2, 0) is 11.3 Å². The maximum absolute atomic E-state index is 12.8. The number of hydrogen-bond donors (Lipinski definition) is 0. The summed E-state index contributed by atoms with van der Waals surface area (Å²) in [6.45, 7) is 0.651. The molecule has 25 heavy (non-hydrogen) atoms. The Kier molecular flexibility index (Phi) is 4.05.